The van der Waals surface area contributed by atoms with E-state index in [1.807, 2.05) is 4.72 Å². The highest BCUT2D eigenvalue weighted by molar-refractivity contribution is 9.10. The fraction of sp³-hybridized carbons (Fsp3) is 0.0455. The monoisotopic (exact) mass is 546 g/mol. The molecule has 0 saturated carbocycles. The lowest BCUT2D eigenvalue weighted by molar-refractivity contribution is 0.244. The molecule has 0 aliphatic carbocycles. The molecule has 2 aromatic heterocycles. The Balaban J connectivity index is 1.77. The molecule has 33 heavy (non-hydrogen) atoms. The summed E-state index contributed by atoms with van der Waals surface area (Å²) < 4.78 is 34.2. The molecule has 0 atom stereocenters. The average molecular weight is 548 g/mol. The van der Waals surface area contributed by atoms with Crippen LogP contribution in [0.1, 0.15) is 0 Å². The molecule has 0 unspecified atom stereocenters. The van der Waals surface area contributed by atoms with Crippen LogP contribution < -0.4 is 9.46 Å². The molecule has 0 radical (unpaired) electrons. The molecule has 0 spiro atoms. The van der Waals surface area contributed by atoms with Crippen LogP contribution in [0.4, 0.5) is 4.79 Å². The molecular weight excluding hydrogens is 532 g/mol. The van der Waals surface area contributed by atoms with Crippen molar-refractivity contribution in [3.8, 4) is 28.1 Å². The van der Waals surface area contributed by atoms with Gasteiger partial charge in [-0.1, -0.05) is 33.6 Å². The van der Waals surface area contributed by atoms with Gasteiger partial charge in [-0.05, 0) is 54.1 Å². The van der Waals surface area contributed by atoms with Gasteiger partial charge in [-0.15, -0.1) is 0 Å². The predicted octanol–water partition coefficient (Wildman–Crippen LogP) is 4.98. The number of carbonyl (C=O) groups excluding carboxylic acids is 1. The van der Waals surface area contributed by atoms with Gasteiger partial charge in [0.15, 0.2) is 0 Å². The first kappa shape index (κ1) is 23.0. The number of methoxy groups -OCH3 is 1. The van der Waals surface area contributed by atoms with Gasteiger partial charge in [0.2, 0.25) is 0 Å². The second-order valence-corrected chi connectivity index (χ2v) is 9.85. The number of hydrogen-bond donors (Lipinski definition) is 1. The van der Waals surface area contributed by atoms with Crippen LogP contribution in [0.15, 0.2) is 82.6 Å². The number of carbonyl (C=O) groups is 1. The minimum Gasteiger partial charge on any atom is -0.497 e. The Morgan fingerprint density at radius 3 is 2.55 bits per heavy atom. The molecule has 1 N–H and O–H groups in total. The summed E-state index contributed by atoms with van der Waals surface area (Å²) in [5.74, 6) is 0.509. The maximum absolute atomic E-state index is 12.9. The smallest absolute Gasteiger partial charge is 0.355 e. The Hall–Kier alpha value is -3.21. The van der Waals surface area contributed by atoms with Crippen molar-refractivity contribution in [2.45, 2.75) is 4.90 Å². The van der Waals surface area contributed by atoms with Gasteiger partial charge in [0.1, 0.15) is 11.4 Å². The Morgan fingerprint density at radius 2 is 1.85 bits per heavy atom. The van der Waals surface area contributed by atoms with Crippen LogP contribution in [0, 0.1) is 0 Å². The van der Waals surface area contributed by atoms with E-state index in [-0.39, 0.29) is 4.90 Å². The van der Waals surface area contributed by atoms with Crippen molar-refractivity contribution >= 4 is 43.6 Å². The largest absolute Gasteiger partial charge is 0.497 e. The first-order valence-corrected chi connectivity index (χ1v) is 12.1. The topological polar surface area (TPSA) is 103 Å². The van der Waals surface area contributed by atoms with Crippen molar-refractivity contribution in [2.75, 3.05) is 7.11 Å². The average Bonchev–Trinajstić information content (AvgIpc) is 3.25. The summed E-state index contributed by atoms with van der Waals surface area (Å²) in [6.07, 6.45) is 4.66. The molecule has 4 rings (SSSR count). The summed E-state index contributed by atoms with van der Waals surface area (Å²) in [6, 6.07) is 13.6. The van der Waals surface area contributed by atoms with E-state index in [9.17, 15) is 13.2 Å². The van der Waals surface area contributed by atoms with Crippen LogP contribution in [0.25, 0.3) is 22.4 Å². The van der Waals surface area contributed by atoms with Gasteiger partial charge in [0, 0.05) is 39.2 Å². The third kappa shape index (κ3) is 5.08. The second kappa shape index (κ2) is 9.34. The lowest BCUT2D eigenvalue weighted by atomic mass is 10.0. The van der Waals surface area contributed by atoms with Crippen molar-refractivity contribution in [1.82, 2.24) is 19.5 Å². The van der Waals surface area contributed by atoms with Crippen molar-refractivity contribution in [3.63, 3.8) is 0 Å². The van der Waals surface area contributed by atoms with E-state index in [4.69, 9.17) is 16.3 Å². The minimum atomic E-state index is -4.12. The normalized spacial score (nSPS) is 11.2. The highest BCUT2D eigenvalue weighted by atomic mass is 79.9. The zero-order valence-corrected chi connectivity index (χ0v) is 20.2. The molecule has 1 amide bonds. The van der Waals surface area contributed by atoms with Crippen LogP contribution >= 0.6 is 27.5 Å². The number of rotatable bonds is 5. The highest BCUT2D eigenvalue weighted by Gasteiger charge is 2.22. The van der Waals surface area contributed by atoms with E-state index in [2.05, 4.69) is 26.0 Å². The molecule has 8 nitrogen and oxygen atoms in total. The van der Waals surface area contributed by atoms with Crippen molar-refractivity contribution in [1.29, 1.82) is 0 Å². The predicted molar refractivity (Wildman–Crippen MR) is 128 cm³/mol. The summed E-state index contributed by atoms with van der Waals surface area (Å²) in [6.45, 7) is 0. The fourth-order valence-electron chi connectivity index (χ4n) is 3.11. The Labute approximate surface area is 203 Å². The van der Waals surface area contributed by atoms with E-state index >= 15 is 0 Å². The molecular formula is C22H16BrClN4O4S. The Morgan fingerprint density at radius 1 is 1.09 bits per heavy atom. The molecule has 168 valence electrons. The molecule has 0 fully saturated rings. The van der Waals surface area contributed by atoms with Crippen molar-refractivity contribution < 1.29 is 17.9 Å². The molecule has 11 heteroatoms. The number of halogens is 2. The van der Waals surface area contributed by atoms with E-state index in [1.54, 1.807) is 54.9 Å². The lowest BCUT2D eigenvalue weighted by Crippen LogP contribution is -2.34. The van der Waals surface area contributed by atoms with Crippen LogP contribution in [-0.4, -0.2) is 36.3 Å². The van der Waals surface area contributed by atoms with Crippen molar-refractivity contribution in [2.24, 2.45) is 0 Å². The Kier molecular flexibility index (Phi) is 6.50. The van der Waals surface area contributed by atoms with E-state index in [0.717, 1.165) is 10.2 Å². The number of nitrogens with one attached hydrogen (secondary N) is 1. The second-order valence-electron chi connectivity index (χ2n) is 6.82. The number of sulfonamides is 1. The van der Waals surface area contributed by atoms with Gasteiger partial charge in [0.05, 0.1) is 12.0 Å². The van der Waals surface area contributed by atoms with E-state index in [1.165, 1.54) is 25.4 Å². The summed E-state index contributed by atoms with van der Waals surface area (Å²) in [4.78, 5) is 16.8. The van der Waals surface area contributed by atoms with Crippen LogP contribution in [0.2, 0.25) is 5.02 Å². The number of pyridine rings is 1. The molecule has 0 saturated heterocycles. The van der Waals surface area contributed by atoms with Crippen LogP contribution in [-0.2, 0) is 10.0 Å². The molecule has 2 heterocycles. The fourth-order valence-corrected chi connectivity index (χ4v) is 4.86. The quantitative estimate of drug-likeness (QED) is 0.378. The van der Waals surface area contributed by atoms with Crippen LogP contribution in [0.5, 0.6) is 5.75 Å². The van der Waals surface area contributed by atoms with Crippen molar-refractivity contribution in [3.05, 3.63) is 82.7 Å². The number of amides is 1. The molecule has 4 aromatic rings. The number of ether oxygens (including phenoxy) is 1. The van der Waals surface area contributed by atoms with Gasteiger partial charge >= 0.3 is 6.03 Å². The minimum absolute atomic E-state index is 0.0634. The molecule has 2 aromatic carbocycles. The van der Waals surface area contributed by atoms with Gasteiger partial charge in [0.25, 0.3) is 10.0 Å². The number of benzene rings is 2. The summed E-state index contributed by atoms with van der Waals surface area (Å²) in [5.41, 5.74) is 2.31. The lowest BCUT2D eigenvalue weighted by Gasteiger charge is -2.07. The standard InChI is InChI=1S/C22H16BrClN4O4S/c1-32-18-10-15(9-17(24)12-18)21-20(14-5-7-25-8-6-14)13-28(26-21)22(29)27-33(30,31)19-4-2-3-16(23)11-19/h2-13H,1H3,(H,27,29). The van der Waals surface area contributed by atoms with E-state index in [0.29, 0.717) is 32.1 Å². The summed E-state index contributed by atoms with van der Waals surface area (Å²) in [5, 5.41) is 4.78. The molecule has 0 aliphatic heterocycles. The Bertz CT molecular complexity index is 1440. The van der Waals surface area contributed by atoms with E-state index < -0.39 is 16.1 Å². The van der Waals surface area contributed by atoms with Gasteiger partial charge in [-0.2, -0.15) is 9.78 Å². The first-order valence-electron chi connectivity index (χ1n) is 9.44. The molecule has 0 bridgehead atoms. The maximum Gasteiger partial charge on any atom is 0.355 e. The van der Waals surface area contributed by atoms with Gasteiger partial charge in [-0.25, -0.2) is 17.9 Å². The highest BCUT2D eigenvalue weighted by Crippen LogP contribution is 2.34. The maximum atomic E-state index is 12.9. The third-order valence-electron chi connectivity index (χ3n) is 4.62. The SMILES string of the molecule is COc1cc(Cl)cc(-c2nn(C(=O)NS(=O)(=O)c3cccc(Br)c3)cc2-c2ccncc2)c1. The summed E-state index contributed by atoms with van der Waals surface area (Å²) >= 11 is 9.45. The molecule has 0 aliphatic rings. The van der Waals surface area contributed by atoms with Gasteiger partial charge in [-0.3, -0.25) is 4.98 Å². The first-order chi connectivity index (χ1) is 15.8. The number of aromatic nitrogens is 3. The van der Waals surface area contributed by atoms with Gasteiger partial charge < -0.3 is 4.74 Å². The third-order valence-corrected chi connectivity index (χ3v) is 6.65. The zero-order chi connectivity index (χ0) is 23.6. The summed E-state index contributed by atoms with van der Waals surface area (Å²) in [7, 11) is -2.61. The number of hydrogen-bond acceptors (Lipinski definition) is 6. The zero-order valence-electron chi connectivity index (χ0n) is 17.1. The van der Waals surface area contributed by atoms with Crippen LogP contribution in [0.3, 0.4) is 0 Å². The number of nitrogens with zero attached hydrogens (tertiary/aromatic N) is 3.